The summed E-state index contributed by atoms with van der Waals surface area (Å²) in [6, 6.07) is 8.39. The Bertz CT molecular complexity index is 272. The van der Waals surface area contributed by atoms with Crippen LogP contribution in [0.15, 0.2) is 24.3 Å². The van der Waals surface area contributed by atoms with Gasteiger partial charge in [0.2, 0.25) is 0 Å². The van der Waals surface area contributed by atoms with E-state index in [1.54, 1.807) is 7.11 Å². The Kier molecular flexibility index (Phi) is 4.04. The zero-order valence-corrected chi connectivity index (χ0v) is 8.84. The van der Waals surface area contributed by atoms with Gasteiger partial charge in [-0.2, -0.15) is 0 Å². The molecule has 0 unspecified atom stereocenters. The molecule has 0 spiro atoms. The molecule has 0 atom stereocenters. The van der Waals surface area contributed by atoms with Gasteiger partial charge in [-0.25, -0.2) is 0 Å². The Morgan fingerprint density at radius 2 is 1.93 bits per heavy atom. The number of methoxy groups -OCH3 is 1. The van der Waals surface area contributed by atoms with Gasteiger partial charge in [0, 0.05) is 5.69 Å². The van der Waals surface area contributed by atoms with Crippen LogP contribution in [0.4, 0.5) is 5.69 Å². The monoisotopic (exact) mass is 215 g/mol. The molecule has 1 aliphatic heterocycles. The summed E-state index contributed by atoms with van der Waals surface area (Å²) in [6.07, 6.45) is 0. The van der Waals surface area contributed by atoms with E-state index in [9.17, 15) is 0 Å². The number of anilines is 1. The molecule has 78 valence electrons. The summed E-state index contributed by atoms with van der Waals surface area (Å²) in [7, 11) is 1.67. The summed E-state index contributed by atoms with van der Waals surface area (Å²) in [5.41, 5.74) is 1.12. The van der Waals surface area contributed by atoms with Crippen molar-refractivity contribution in [3.63, 3.8) is 0 Å². The highest BCUT2D eigenvalue weighted by Crippen LogP contribution is 2.17. The van der Waals surface area contributed by atoms with Crippen LogP contribution in [0.5, 0.6) is 5.75 Å². The van der Waals surface area contributed by atoms with Crippen molar-refractivity contribution >= 4 is 18.1 Å². The lowest BCUT2D eigenvalue weighted by Gasteiger charge is -2.27. The van der Waals surface area contributed by atoms with Crippen LogP contribution in [0.3, 0.4) is 0 Å². The first-order valence-corrected chi connectivity index (χ1v) is 4.37. The SMILES string of the molecule is COc1ccc(NC2COC2)cc1.Cl. The average molecular weight is 216 g/mol. The summed E-state index contributed by atoms with van der Waals surface area (Å²) in [5.74, 6) is 0.885. The van der Waals surface area contributed by atoms with Gasteiger partial charge in [0.15, 0.2) is 0 Å². The molecule has 1 aromatic carbocycles. The first-order valence-electron chi connectivity index (χ1n) is 4.37. The minimum absolute atomic E-state index is 0. The lowest BCUT2D eigenvalue weighted by molar-refractivity contribution is 0.0211. The van der Waals surface area contributed by atoms with Gasteiger partial charge in [-0.3, -0.25) is 0 Å². The van der Waals surface area contributed by atoms with E-state index in [2.05, 4.69) is 5.32 Å². The van der Waals surface area contributed by atoms with E-state index in [1.807, 2.05) is 24.3 Å². The highest BCUT2D eigenvalue weighted by atomic mass is 35.5. The van der Waals surface area contributed by atoms with Crippen molar-refractivity contribution in [2.75, 3.05) is 25.6 Å². The third kappa shape index (κ3) is 2.53. The molecule has 3 nitrogen and oxygen atoms in total. The van der Waals surface area contributed by atoms with Crippen molar-refractivity contribution in [2.45, 2.75) is 6.04 Å². The van der Waals surface area contributed by atoms with Gasteiger partial charge in [-0.15, -0.1) is 12.4 Å². The minimum atomic E-state index is 0. The van der Waals surface area contributed by atoms with Gasteiger partial charge in [-0.1, -0.05) is 0 Å². The van der Waals surface area contributed by atoms with Crippen LogP contribution in [0.25, 0.3) is 0 Å². The van der Waals surface area contributed by atoms with E-state index < -0.39 is 0 Å². The molecule has 1 fully saturated rings. The summed E-state index contributed by atoms with van der Waals surface area (Å²) in [5, 5.41) is 3.35. The van der Waals surface area contributed by atoms with Crippen molar-refractivity contribution in [1.82, 2.24) is 0 Å². The lowest BCUT2D eigenvalue weighted by Crippen LogP contribution is -2.40. The van der Waals surface area contributed by atoms with Crippen LogP contribution >= 0.6 is 12.4 Å². The fraction of sp³-hybridized carbons (Fsp3) is 0.400. The second-order valence-electron chi connectivity index (χ2n) is 3.11. The van der Waals surface area contributed by atoms with Gasteiger partial charge in [0.25, 0.3) is 0 Å². The maximum absolute atomic E-state index is 5.06. The lowest BCUT2D eigenvalue weighted by atomic mass is 10.2. The molecule has 1 saturated heterocycles. The van der Waals surface area contributed by atoms with Crippen molar-refractivity contribution in [3.05, 3.63) is 24.3 Å². The summed E-state index contributed by atoms with van der Waals surface area (Å²) in [6.45, 7) is 1.62. The van der Waals surface area contributed by atoms with Gasteiger partial charge >= 0.3 is 0 Å². The molecule has 1 aliphatic rings. The third-order valence-electron chi connectivity index (χ3n) is 2.10. The molecular weight excluding hydrogens is 202 g/mol. The Hall–Kier alpha value is -0.930. The molecule has 0 aromatic heterocycles. The van der Waals surface area contributed by atoms with E-state index in [-0.39, 0.29) is 12.4 Å². The highest BCUT2D eigenvalue weighted by molar-refractivity contribution is 5.85. The minimum Gasteiger partial charge on any atom is -0.497 e. The van der Waals surface area contributed by atoms with Gasteiger partial charge in [-0.05, 0) is 24.3 Å². The van der Waals surface area contributed by atoms with Crippen molar-refractivity contribution < 1.29 is 9.47 Å². The Labute approximate surface area is 89.8 Å². The fourth-order valence-electron chi connectivity index (χ4n) is 1.24. The Morgan fingerprint density at radius 1 is 1.29 bits per heavy atom. The Morgan fingerprint density at radius 3 is 2.36 bits per heavy atom. The van der Waals surface area contributed by atoms with E-state index in [1.165, 1.54) is 0 Å². The molecule has 4 heteroatoms. The normalized spacial score (nSPS) is 15.2. The standard InChI is InChI=1S/C10H13NO2.ClH/c1-12-10-4-2-8(3-5-10)11-9-6-13-7-9;/h2-5,9,11H,6-7H2,1H3;1H. The molecule has 0 aliphatic carbocycles. The molecule has 1 N–H and O–H groups in total. The first kappa shape index (κ1) is 11.1. The number of hydrogen-bond donors (Lipinski definition) is 1. The molecule has 14 heavy (non-hydrogen) atoms. The summed E-state index contributed by atoms with van der Waals surface area (Å²) in [4.78, 5) is 0. The van der Waals surface area contributed by atoms with Gasteiger partial charge < -0.3 is 14.8 Å². The molecular formula is C10H14ClNO2. The van der Waals surface area contributed by atoms with E-state index in [0.717, 1.165) is 24.7 Å². The molecule has 0 radical (unpaired) electrons. The van der Waals surface area contributed by atoms with Crippen LogP contribution in [0.1, 0.15) is 0 Å². The summed E-state index contributed by atoms with van der Waals surface area (Å²) < 4.78 is 10.1. The molecule has 0 bridgehead atoms. The Balaban J connectivity index is 0.000000980. The molecule has 2 rings (SSSR count). The van der Waals surface area contributed by atoms with E-state index in [0.29, 0.717) is 6.04 Å². The van der Waals surface area contributed by atoms with E-state index in [4.69, 9.17) is 9.47 Å². The number of nitrogens with one attached hydrogen (secondary N) is 1. The number of ether oxygens (including phenoxy) is 2. The van der Waals surface area contributed by atoms with Crippen LogP contribution < -0.4 is 10.1 Å². The second-order valence-corrected chi connectivity index (χ2v) is 3.11. The van der Waals surface area contributed by atoms with Gasteiger partial charge in [0.1, 0.15) is 5.75 Å². The topological polar surface area (TPSA) is 30.5 Å². The largest absolute Gasteiger partial charge is 0.497 e. The smallest absolute Gasteiger partial charge is 0.119 e. The third-order valence-corrected chi connectivity index (χ3v) is 2.10. The van der Waals surface area contributed by atoms with Gasteiger partial charge in [0.05, 0.1) is 26.4 Å². The van der Waals surface area contributed by atoms with E-state index >= 15 is 0 Å². The average Bonchev–Trinajstić information content (AvgIpc) is 2.12. The second kappa shape index (κ2) is 5.08. The van der Waals surface area contributed by atoms with Crippen LogP contribution in [0, 0.1) is 0 Å². The number of halogens is 1. The van der Waals surface area contributed by atoms with Crippen molar-refractivity contribution in [2.24, 2.45) is 0 Å². The molecule has 1 aromatic rings. The zero-order chi connectivity index (χ0) is 9.10. The highest BCUT2D eigenvalue weighted by Gasteiger charge is 2.17. The maximum atomic E-state index is 5.06. The number of hydrogen-bond acceptors (Lipinski definition) is 3. The van der Waals surface area contributed by atoms with Crippen LogP contribution in [-0.4, -0.2) is 26.4 Å². The number of rotatable bonds is 3. The molecule has 0 amide bonds. The molecule has 0 saturated carbocycles. The maximum Gasteiger partial charge on any atom is 0.119 e. The molecule has 1 heterocycles. The predicted molar refractivity (Wildman–Crippen MR) is 58.5 cm³/mol. The van der Waals surface area contributed by atoms with Crippen molar-refractivity contribution in [1.29, 1.82) is 0 Å². The first-order chi connectivity index (χ1) is 6.38. The zero-order valence-electron chi connectivity index (χ0n) is 8.03. The quantitative estimate of drug-likeness (QED) is 0.836. The van der Waals surface area contributed by atoms with Crippen LogP contribution in [-0.2, 0) is 4.74 Å². The predicted octanol–water partition coefficient (Wildman–Crippen LogP) is 1.93. The van der Waals surface area contributed by atoms with Crippen LogP contribution in [0.2, 0.25) is 0 Å². The fourth-order valence-corrected chi connectivity index (χ4v) is 1.24. The summed E-state index contributed by atoms with van der Waals surface area (Å²) >= 11 is 0. The number of benzene rings is 1. The van der Waals surface area contributed by atoms with Crippen molar-refractivity contribution in [3.8, 4) is 5.75 Å².